The number of halogens is 2. The van der Waals surface area contributed by atoms with Crippen molar-refractivity contribution < 1.29 is 9.90 Å². The van der Waals surface area contributed by atoms with Crippen LogP contribution >= 0.6 is 31.9 Å². The number of fused-ring (bicyclic) bond motifs is 2. The first kappa shape index (κ1) is 17.0. The Bertz CT molecular complexity index is 745. The number of phenols is 1. The van der Waals surface area contributed by atoms with Crippen LogP contribution < -0.4 is 5.73 Å². The van der Waals surface area contributed by atoms with E-state index < -0.39 is 0 Å². The molecule has 116 valence electrons. The van der Waals surface area contributed by atoms with E-state index in [0.29, 0.717) is 28.6 Å². The van der Waals surface area contributed by atoms with Crippen molar-refractivity contribution in [3.05, 3.63) is 49.7 Å². The van der Waals surface area contributed by atoms with Gasteiger partial charge < -0.3 is 10.8 Å². The summed E-state index contributed by atoms with van der Waals surface area (Å²) in [6.45, 7) is 4.00. The molecule has 3 N–H and O–H groups in total. The van der Waals surface area contributed by atoms with E-state index in [1.807, 2.05) is 19.9 Å². The van der Waals surface area contributed by atoms with Gasteiger partial charge in [0.05, 0.1) is 10.2 Å². The van der Waals surface area contributed by atoms with E-state index in [1.54, 1.807) is 12.3 Å². The maximum Gasteiger partial charge on any atom is 0.213 e. The van der Waals surface area contributed by atoms with E-state index in [0.717, 1.165) is 15.6 Å². The first-order chi connectivity index (χ1) is 10.5. The monoisotopic (exact) mass is 426 g/mol. The number of hydrogen-bond donors (Lipinski definition) is 2. The van der Waals surface area contributed by atoms with Crippen LogP contribution in [0.25, 0.3) is 0 Å². The lowest BCUT2D eigenvalue weighted by molar-refractivity contribution is 0.103. The molecule has 0 aliphatic heterocycles. The number of ketones is 1. The van der Waals surface area contributed by atoms with Gasteiger partial charge in [0, 0.05) is 16.2 Å². The van der Waals surface area contributed by atoms with Crippen molar-refractivity contribution in [3.8, 4) is 5.75 Å². The summed E-state index contributed by atoms with van der Waals surface area (Å²) in [6.07, 6.45) is 2.95. The van der Waals surface area contributed by atoms with E-state index in [4.69, 9.17) is 5.73 Å². The Balaban J connectivity index is 0.000000847. The Hall–Kier alpha value is -1.40. The second kappa shape index (κ2) is 6.79. The van der Waals surface area contributed by atoms with Crippen LogP contribution in [0.3, 0.4) is 0 Å². The highest BCUT2D eigenvalue weighted by Gasteiger charge is 2.27. The van der Waals surface area contributed by atoms with Gasteiger partial charge in [0.1, 0.15) is 11.4 Å². The molecular formula is C16H16Br2N2O2. The number of nitrogens with two attached hydrogens (primary N) is 1. The smallest absolute Gasteiger partial charge is 0.213 e. The van der Waals surface area contributed by atoms with Crippen molar-refractivity contribution in [3.63, 3.8) is 0 Å². The lowest BCUT2D eigenvalue weighted by atomic mass is 10.0. The standard InChI is InChI=1S/C14H10Br2N2O2.C2H6/c15-8-3-7-2-1-6-4-9(19)12(17)11(16)10(6)14(20)13(7)18-5-8;1-2/h3-5,19H,1-2,17H2;1-2H3. The predicted octanol–water partition coefficient (Wildman–Crippen LogP) is 4.25. The highest BCUT2D eigenvalue weighted by Crippen LogP contribution is 2.38. The number of anilines is 1. The van der Waals surface area contributed by atoms with Gasteiger partial charge in [-0.1, -0.05) is 13.8 Å². The van der Waals surface area contributed by atoms with E-state index in [9.17, 15) is 9.90 Å². The molecular weight excluding hydrogens is 412 g/mol. The van der Waals surface area contributed by atoms with Crippen LogP contribution in [0.15, 0.2) is 27.3 Å². The third-order valence-corrected chi connectivity index (χ3v) is 4.66. The summed E-state index contributed by atoms with van der Waals surface area (Å²) >= 11 is 6.68. The van der Waals surface area contributed by atoms with Crippen LogP contribution in [0.5, 0.6) is 5.75 Å². The Morgan fingerprint density at radius 1 is 1.18 bits per heavy atom. The summed E-state index contributed by atoms with van der Waals surface area (Å²) < 4.78 is 1.28. The van der Waals surface area contributed by atoms with Crippen LogP contribution in [0.4, 0.5) is 5.69 Å². The number of nitrogen functional groups attached to an aromatic ring is 1. The van der Waals surface area contributed by atoms with Crippen LogP contribution in [0.1, 0.15) is 41.0 Å². The minimum atomic E-state index is -0.168. The molecule has 0 radical (unpaired) electrons. The lowest BCUT2D eigenvalue weighted by Crippen LogP contribution is -2.09. The lowest BCUT2D eigenvalue weighted by Gasteiger charge is -2.11. The minimum absolute atomic E-state index is 0.0106. The molecule has 0 spiro atoms. The molecule has 1 heterocycles. The van der Waals surface area contributed by atoms with E-state index in [1.165, 1.54) is 0 Å². The van der Waals surface area contributed by atoms with E-state index >= 15 is 0 Å². The highest BCUT2D eigenvalue weighted by atomic mass is 79.9. The van der Waals surface area contributed by atoms with E-state index in [-0.39, 0.29) is 17.2 Å². The molecule has 0 saturated heterocycles. The average Bonchev–Trinajstić information content (AvgIpc) is 2.64. The molecule has 0 atom stereocenters. The van der Waals surface area contributed by atoms with Gasteiger partial charge in [-0.3, -0.25) is 9.78 Å². The molecule has 0 fully saturated rings. The SMILES string of the molecule is CC.Nc1c(O)cc2c(c1Br)C(=O)c1ncc(Br)cc1CC2. The summed E-state index contributed by atoms with van der Waals surface area (Å²) in [7, 11) is 0. The number of aromatic hydroxyl groups is 1. The minimum Gasteiger partial charge on any atom is -0.506 e. The van der Waals surface area contributed by atoms with Gasteiger partial charge in [0.25, 0.3) is 0 Å². The van der Waals surface area contributed by atoms with Crippen LogP contribution in [0, 0.1) is 0 Å². The third-order valence-electron chi connectivity index (χ3n) is 3.40. The number of pyridine rings is 1. The number of carbonyl (C=O) groups is 1. The normalized spacial score (nSPS) is 12.6. The number of carbonyl (C=O) groups excluding carboxylic acids is 1. The molecule has 1 aliphatic carbocycles. The number of aryl methyl sites for hydroxylation is 2. The first-order valence-corrected chi connectivity index (χ1v) is 8.56. The molecule has 22 heavy (non-hydrogen) atoms. The summed E-state index contributed by atoms with van der Waals surface area (Å²) in [4.78, 5) is 16.9. The van der Waals surface area contributed by atoms with Gasteiger partial charge in [0.15, 0.2) is 0 Å². The van der Waals surface area contributed by atoms with Crippen molar-refractivity contribution in [1.82, 2.24) is 4.98 Å². The zero-order valence-corrected chi connectivity index (χ0v) is 15.5. The fourth-order valence-corrected chi connectivity index (χ4v) is 3.43. The van der Waals surface area contributed by atoms with Crippen LogP contribution in [-0.2, 0) is 12.8 Å². The Morgan fingerprint density at radius 3 is 2.50 bits per heavy atom. The topological polar surface area (TPSA) is 76.2 Å². The van der Waals surface area contributed by atoms with Crippen molar-refractivity contribution in [2.75, 3.05) is 5.73 Å². The van der Waals surface area contributed by atoms with Gasteiger partial charge >= 0.3 is 0 Å². The molecule has 0 saturated carbocycles. The first-order valence-electron chi connectivity index (χ1n) is 6.98. The second-order valence-corrected chi connectivity index (χ2v) is 6.36. The second-order valence-electron chi connectivity index (χ2n) is 4.65. The summed E-state index contributed by atoms with van der Waals surface area (Å²) in [6, 6.07) is 3.47. The van der Waals surface area contributed by atoms with Crippen molar-refractivity contribution in [2.24, 2.45) is 0 Å². The molecule has 0 amide bonds. The highest BCUT2D eigenvalue weighted by molar-refractivity contribution is 9.11. The molecule has 0 unspecified atom stereocenters. The number of benzene rings is 1. The fraction of sp³-hybridized carbons (Fsp3) is 0.250. The molecule has 1 aliphatic rings. The average molecular weight is 428 g/mol. The van der Waals surface area contributed by atoms with Crippen LogP contribution in [-0.4, -0.2) is 15.9 Å². The van der Waals surface area contributed by atoms with Gasteiger partial charge in [-0.2, -0.15) is 0 Å². The fourth-order valence-electron chi connectivity index (χ4n) is 2.41. The van der Waals surface area contributed by atoms with Gasteiger partial charge in [0.2, 0.25) is 5.78 Å². The number of phenolic OH excluding ortho intramolecular Hbond substituents is 1. The molecule has 4 nitrogen and oxygen atoms in total. The van der Waals surface area contributed by atoms with Gasteiger partial charge in [-0.25, -0.2) is 0 Å². The summed E-state index contributed by atoms with van der Waals surface area (Å²) in [5.74, 6) is -0.179. The summed E-state index contributed by atoms with van der Waals surface area (Å²) in [5.41, 5.74) is 8.58. The van der Waals surface area contributed by atoms with Gasteiger partial charge in [-0.15, -0.1) is 0 Å². The Kier molecular flexibility index (Phi) is 5.24. The Labute approximate surface area is 146 Å². The number of aromatic nitrogens is 1. The third kappa shape index (κ3) is 2.90. The zero-order chi connectivity index (χ0) is 16.4. The zero-order valence-electron chi connectivity index (χ0n) is 12.3. The van der Waals surface area contributed by atoms with Gasteiger partial charge in [-0.05, 0) is 68.0 Å². The molecule has 1 aromatic heterocycles. The molecule has 3 rings (SSSR count). The van der Waals surface area contributed by atoms with Crippen molar-refractivity contribution >= 4 is 43.3 Å². The quantitative estimate of drug-likeness (QED) is 0.486. The molecule has 0 bridgehead atoms. The van der Waals surface area contributed by atoms with Crippen molar-refractivity contribution in [2.45, 2.75) is 26.7 Å². The molecule has 2 aromatic rings. The number of nitrogens with zero attached hydrogens (tertiary/aromatic N) is 1. The molecule has 6 heteroatoms. The van der Waals surface area contributed by atoms with Crippen LogP contribution in [0.2, 0.25) is 0 Å². The largest absolute Gasteiger partial charge is 0.506 e. The predicted molar refractivity (Wildman–Crippen MR) is 94.3 cm³/mol. The Morgan fingerprint density at radius 2 is 1.82 bits per heavy atom. The maximum atomic E-state index is 12.7. The summed E-state index contributed by atoms with van der Waals surface area (Å²) in [5, 5.41) is 9.81. The van der Waals surface area contributed by atoms with E-state index in [2.05, 4.69) is 36.8 Å². The maximum absolute atomic E-state index is 12.7. The van der Waals surface area contributed by atoms with Crippen molar-refractivity contribution in [1.29, 1.82) is 0 Å². The molecule has 1 aromatic carbocycles. The number of rotatable bonds is 0. The number of hydrogen-bond acceptors (Lipinski definition) is 4.